The number of benzene rings is 3. The molecule has 3 aromatic rings. The lowest BCUT2D eigenvalue weighted by molar-refractivity contribution is 0.281. The Hall–Kier alpha value is -2.45. The summed E-state index contributed by atoms with van der Waals surface area (Å²) >= 11 is 4.01. The largest absolute Gasteiger partial charge is 0.395 e. The minimum atomic E-state index is -0.206. The highest BCUT2D eigenvalue weighted by molar-refractivity contribution is 8.00. The van der Waals surface area contributed by atoms with E-state index < -0.39 is 0 Å². The fourth-order valence-electron chi connectivity index (χ4n) is 7.42. The van der Waals surface area contributed by atoms with Gasteiger partial charge in [0.25, 0.3) is 0 Å². The van der Waals surface area contributed by atoms with Gasteiger partial charge in [-0.25, -0.2) is 4.58 Å². The van der Waals surface area contributed by atoms with Crippen LogP contribution in [0.3, 0.4) is 0 Å². The highest BCUT2D eigenvalue weighted by Crippen LogP contribution is 2.48. The van der Waals surface area contributed by atoms with E-state index in [2.05, 4.69) is 76.8 Å². The molecule has 0 aromatic heterocycles. The maximum atomic E-state index is 9.77. The lowest BCUT2D eigenvalue weighted by Gasteiger charge is -2.39. The highest BCUT2D eigenvalue weighted by atomic mass is 32.2. The van der Waals surface area contributed by atoms with Crippen molar-refractivity contribution in [2.24, 2.45) is 0 Å². The summed E-state index contributed by atoms with van der Waals surface area (Å²) in [6.45, 7) is 10.4. The predicted octanol–water partition coefficient (Wildman–Crippen LogP) is 4.06. The second-order valence-electron chi connectivity index (χ2n) is 12.4. The van der Waals surface area contributed by atoms with Crippen molar-refractivity contribution in [3.8, 4) is 0 Å². The van der Waals surface area contributed by atoms with Crippen LogP contribution in [0.1, 0.15) is 55.4 Å². The number of anilines is 2. The van der Waals surface area contributed by atoms with Crippen molar-refractivity contribution in [1.29, 1.82) is 0 Å². The molecule has 220 valence electrons. The summed E-state index contributed by atoms with van der Waals surface area (Å²) in [6.07, 6.45) is 3.85. The highest BCUT2D eigenvalue weighted by Gasteiger charge is 2.37. The minimum absolute atomic E-state index is 0.0597. The summed E-state index contributed by atoms with van der Waals surface area (Å²) in [6, 6.07) is 18.9. The first kappa shape index (κ1) is 28.3. The second-order valence-corrected chi connectivity index (χ2v) is 14.7. The molecule has 0 saturated carbocycles. The van der Waals surface area contributed by atoms with Crippen LogP contribution in [-0.2, 0) is 5.41 Å². The van der Waals surface area contributed by atoms with Gasteiger partial charge in [0.1, 0.15) is 0 Å². The van der Waals surface area contributed by atoms with Crippen molar-refractivity contribution in [2.45, 2.75) is 48.3 Å². The third kappa shape index (κ3) is 4.86. The van der Waals surface area contributed by atoms with Gasteiger partial charge in [-0.1, -0.05) is 26.0 Å². The van der Waals surface area contributed by atoms with Crippen molar-refractivity contribution >= 4 is 40.5 Å². The van der Waals surface area contributed by atoms with Gasteiger partial charge in [-0.15, -0.1) is 23.5 Å². The van der Waals surface area contributed by atoms with E-state index in [1.807, 2.05) is 23.5 Å². The van der Waals surface area contributed by atoms with Gasteiger partial charge in [0.2, 0.25) is 5.36 Å². The zero-order valence-electron chi connectivity index (χ0n) is 24.9. The molecule has 1 saturated heterocycles. The zero-order valence-corrected chi connectivity index (χ0v) is 26.5. The SMILES string of the molecule is CC1(C)c2cc(N(CCO)CCO)ccc2C(=c2cc3c4c(c2)SCC[N+]=4CCS3)c2ccc(N3CCCCC3)cc21. The Morgan fingerprint density at radius 1 is 0.810 bits per heavy atom. The second kappa shape index (κ2) is 11.6. The molecule has 1 fully saturated rings. The van der Waals surface area contributed by atoms with Gasteiger partial charge in [-0.3, -0.25) is 0 Å². The molecule has 0 unspecified atom stereocenters. The number of rotatable bonds is 6. The number of hydrogen-bond donors (Lipinski definition) is 2. The smallest absolute Gasteiger partial charge is 0.227 e. The molecule has 1 aliphatic carbocycles. The average molecular weight is 601 g/mol. The van der Waals surface area contributed by atoms with Crippen LogP contribution in [0.25, 0.3) is 5.57 Å². The first-order valence-corrected chi connectivity index (χ1v) is 17.5. The van der Waals surface area contributed by atoms with Gasteiger partial charge in [0.05, 0.1) is 34.5 Å². The maximum Gasteiger partial charge on any atom is 0.227 e. The summed E-state index contributed by atoms with van der Waals surface area (Å²) in [5, 5.41) is 22.3. The van der Waals surface area contributed by atoms with Crippen LogP contribution in [0, 0.1) is 0 Å². The fourth-order valence-corrected chi connectivity index (χ4v) is 9.72. The quantitative estimate of drug-likeness (QED) is 0.417. The van der Waals surface area contributed by atoms with Gasteiger partial charge >= 0.3 is 0 Å². The molecular formula is C35H42N3O2S2+. The normalized spacial score (nSPS) is 18.8. The van der Waals surface area contributed by atoms with E-state index in [0.717, 1.165) is 43.4 Å². The number of hydrogen-bond acceptors (Lipinski definition) is 6. The van der Waals surface area contributed by atoms with Crippen LogP contribution in [0.2, 0.25) is 0 Å². The Morgan fingerprint density at radius 3 is 2.07 bits per heavy atom. The molecule has 0 amide bonds. The molecule has 3 aromatic carbocycles. The van der Waals surface area contributed by atoms with Gasteiger partial charge in [0, 0.05) is 43.0 Å². The van der Waals surface area contributed by atoms with Crippen molar-refractivity contribution < 1.29 is 10.2 Å². The molecule has 42 heavy (non-hydrogen) atoms. The van der Waals surface area contributed by atoms with E-state index in [9.17, 15) is 10.2 Å². The van der Waals surface area contributed by atoms with E-state index >= 15 is 0 Å². The van der Waals surface area contributed by atoms with E-state index in [-0.39, 0.29) is 18.6 Å². The Labute approximate surface area is 257 Å². The maximum absolute atomic E-state index is 9.77. The number of fused-ring (bicyclic) bond motifs is 2. The monoisotopic (exact) mass is 600 g/mol. The summed E-state index contributed by atoms with van der Waals surface area (Å²) in [5.74, 6) is 2.29. The molecule has 4 aliphatic rings. The Morgan fingerprint density at radius 2 is 1.43 bits per heavy atom. The number of aliphatic hydroxyl groups is 2. The van der Waals surface area contributed by atoms with Crippen LogP contribution < -0.4 is 25.0 Å². The van der Waals surface area contributed by atoms with Gasteiger partial charge in [0.15, 0.2) is 13.1 Å². The number of aliphatic hydroxyl groups excluding tert-OH is 2. The standard InChI is InChI=1S/C35H42N3O2S2/c1-35(2)29-22-25(36-10-4-3-5-11-36)6-8-27(29)33(28-9-7-26(23-30(28)35)37(12-16-39)13-17-40)24-20-31-34-32(21-24)42-19-15-38(34)14-18-41-31/h6-9,20-23,39-40H,3-5,10-19H2,1-2H3/q+1. The van der Waals surface area contributed by atoms with Crippen LogP contribution in [0.4, 0.5) is 11.4 Å². The van der Waals surface area contributed by atoms with E-state index in [1.54, 1.807) is 0 Å². The third-order valence-electron chi connectivity index (χ3n) is 9.60. The zero-order chi connectivity index (χ0) is 28.8. The van der Waals surface area contributed by atoms with E-state index in [1.165, 1.54) is 73.1 Å². The average Bonchev–Trinajstić information content (AvgIpc) is 3.02. The van der Waals surface area contributed by atoms with Crippen molar-refractivity contribution in [3.63, 3.8) is 0 Å². The van der Waals surface area contributed by atoms with Gasteiger partial charge in [-0.05, 0) is 88.7 Å². The number of nitrogens with zero attached hydrogens (tertiary/aromatic N) is 3. The molecule has 0 atom stereocenters. The summed E-state index contributed by atoms with van der Waals surface area (Å²) in [5.41, 5.74) is 8.85. The first-order valence-electron chi connectivity index (χ1n) is 15.6. The fraction of sp³-hybridized carbons (Fsp3) is 0.457. The molecule has 7 heteroatoms. The molecule has 0 radical (unpaired) electrons. The van der Waals surface area contributed by atoms with Gasteiger partial charge in [-0.2, -0.15) is 0 Å². The summed E-state index contributed by atoms with van der Waals surface area (Å²) < 4.78 is 2.59. The van der Waals surface area contributed by atoms with Crippen molar-refractivity contribution in [2.75, 3.05) is 73.8 Å². The van der Waals surface area contributed by atoms with E-state index in [0.29, 0.717) is 13.1 Å². The summed E-state index contributed by atoms with van der Waals surface area (Å²) in [4.78, 5) is 7.50. The summed E-state index contributed by atoms with van der Waals surface area (Å²) in [7, 11) is 0. The topological polar surface area (TPSA) is 50.0 Å². The van der Waals surface area contributed by atoms with Crippen molar-refractivity contribution in [3.05, 3.63) is 81.4 Å². The Bertz CT molecular complexity index is 1600. The third-order valence-corrected chi connectivity index (χ3v) is 11.6. The van der Waals surface area contributed by atoms with Crippen LogP contribution in [-0.4, -0.2) is 74.2 Å². The minimum Gasteiger partial charge on any atom is -0.395 e. The first-order chi connectivity index (χ1) is 20.5. The number of thioether (sulfide) groups is 2. The molecule has 0 bridgehead atoms. The Kier molecular flexibility index (Phi) is 7.80. The lowest BCUT2D eigenvalue weighted by atomic mass is 9.66. The van der Waals surface area contributed by atoms with Crippen LogP contribution >= 0.6 is 23.5 Å². The van der Waals surface area contributed by atoms with Crippen molar-refractivity contribution in [1.82, 2.24) is 4.58 Å². The Balaban J connectivity index is 1.49. The molecule has 0 spiro atoms. The molecule has 2 N–H and O–H groups in total. The molecule has 3 heterocycles. The van der Waals surface area contributed by atoms with Gasteiger partial charge < -0.3 is 20.0 Å². The molecule has 3 aliphatic heterocycles. The molecule has 5 nitrogen and oxygen atoms in total. The number of piperidine rings is 1. The predicted molar refractivity (Wildman–Crippen MR) is 177 cm³/mol. The van der Waals surface area contributed by atoms with Crippen LogP contribution in [0.15, 0.2) is 58.3 Å². The van der Waals surface area contributed by atoms with Crippen LogP contribution in [0.5, 0.6) is 0 Å². The lowest BCUT2D eigenvalue weighted by Crippen LogP contribution is -2.42. The molecular weight excluding hydrogens is 559 g/mol. The molecule has 7 rings (SSSR count). The van der Waals surface area contributed by atoms with E-state index in [4.69, 9.17) is 0 Å².